The molecule has 4 rings (SSSR count). The van der Waals surface area contributed by atoms with Crippen LogP contribution in [0.5, 0.6) is 5.75 Å². The number of methoxy groups -OCH3 is 1. The van der Waals surface area contributed by atoms with Gasteiger partial charge in [0.2, 0.25) is 0 Å². The maximum absolute atomic E-state index is 11.4. The summed E-state index contributed by atoms with van der Waals surface area (Å²) in [7, 11) is 1.53. The summed E-state index contributed by atoms with van der Waals surface area (Å²) in [4.78, 5) is 11.4. The van der Waals surface area contributed by atoms with Gasteiger partial charge < -0.3 is 14.9 Å². The molecule has 0 saturated heterocycles. The molecule has 0 aliphatic carbocycles. The Bertz CT molecular complexity index is 1210. The van der Waals surface area contributed by atoms with Crippen LogP contribution < -0.4 is 16.1 Å². The molecular weight excluding hydrogens is 354 g/mol. The monoisotopic (exact) mass is 371 g/mol. The molecule has 0 saturated carbocycles. The third kappa shape index (κ3) is 3.61. The molecule has 1 aromatic heterocycles. The fourth-order valence-corrected chi connectivity index (χ4v) is 2.83. The smallest absolute Gasteiger partial charge is 0.336 e. The van der Waals surface area contributed by atoms with Gasteiger partial charge in [-0.25, -0.2) is 4.79 Å². The van der Waals surface area contributed by atoms with E-state index in [1.807, 2.05) is 48.5 Å². The maximum atomic E-state index is 11.4. The topological polar surface area (TPSA) is 90.2 Å². The number of azo groups is 1. The molecule has 0 radical (unpaired) electrons. The maximum Gasteiger partial charge on any atom is 0.336 e. The molecule has 0 aliphatic rings. The van der Waals surface area contributed by atoms with E-state index < -0.39 is 5.63 Å². The number of nitrogens with zero attached hydrogens (tertiary/aromatic N) is 2. The number of fused-ring (bicyclic) bond motifs is 1. The van der Waals surface area contributed by atoms with Crippen molar-refractivity contribution >= 4 is 28.0 Å². The van der Waals surface area contributed by atoms with Gasteiger partial charge in [-0.3, -0.25) is 0 Å². The zero-order valence-corrected chi connectivity index (χ0v) is 15.1. The fraction of sp³-hybridized carbons (Fsp3) is 0.0455. The highest BCUT2D eigenvalue weighted by atomic mass is 16.5. The number of benzene rings is 3. The summed E-state index contributed by atoms with van der Waals surface area (Å²) in [5, 5.41) is 9.33. The Kier molecular flexibility index (Phi) is 4.60. The minimum Gasteiger partial charge on any atom is -0.494 e. The summed E-state index contributed by atoms with van der Waals surface area (Å²) in [6.07, 6.45) is 0. The van der Waals surface area contributed by atoms with Crippen LogP contribution in [0.15, 0.2) is 92.2 Å². The molecule has 0 unspecified atom stereocenters. The van der Waals surface area contributed by atoms with Crippen molar-refractivity contribution in [3.63, 3.8) is 0 Å². The highest BCUT2D eigenvalue weighted by molar-refractivity contribution is 5.83. The third-order valence-corrected chi connectivity index (χ3v) is 4.31. The minimum atomic E-state index is -0.412. The molecule has 0 spiro atoms. The first-order valence-electron chi connectivity index (χ1n) is 8.62. The normalized spacial score (nSPS) is 11.2. The molecule has 2 N–H and O–H groups in total. The van der Waals surface area contributed by atoms with Crippen LogP contribution in [-0.2, 0) is 0 Å². The Morgan fingerprint density at radius 3 is 2.21 bits per heavy atom. The first-order chi connectivity index (χ1) is 13.6. The largest absolute Gasteiger partial charge is 0.494 e. The summed E-state index contributed by atoms with van der Waals surface area (Å²) in [5.74, 6) is 0.476. The lowest BCUT2D eigenvalue weighted by Crippen LogP contribution is -1.94. The van der Waals surface area contributed by atoms with E-state index in [1.54, 1.807) is 18.2 Å². The molecule has 0 bridgehead atoms. The Morgan fingerprint density at radius 2 is 1.54 bits per heavy atom. The molecule has 3 aromatic carbocycles. The van der Waals surface area contributed by atoms with E-state index in [0.29, 0.717) is 22.7 Å². The van der Waals surface area contributed by atoms with Crippen LogP contribution in [0.2, 0.25) is 0 Å². The zero-order valence-electron chi connectivity index (χ0n) is 15.1. The van der Waals surface area contributed by atoms with Crippen LogP contribution in [0.1, 0.15) is 0 Å². The quantitative estimate of drug-likeness (QED) is 0.293. The average Bonchev–Trinajstić information content (AvgIpc) is 2.72. The van der Waals surface area contributed by atoms with Crippen molar-refractivity contribution in [3.05, 3.63) is 83.2 Å². The molecule has 1 heterocycles. The molecule has 0 amide bonds. The second-order valence-corrected chi connectivity index (χ2v) is 6.19. The van der Waals surface area contributed by atoms with Gasteiger partial charge in [0.05, 0.1) is 12.8 Å². The van der Waals surface area contributed by atoms with Crippen LogP contribution >= 0.6 is 0 Å². The Balaban J connectivity index is 1.62. The van der Waals surface area contributed by atoms with Crippen molar-refractivity contribution < 1.29 is 9.15 Å². The summed E-state index contributed by atoms with van der Waals surface area (Å²) >= 11 is 0. The lowest BCUT2D eigenvalue weighted by molar-refractivity contribution is 0.415. The SMILES string of the molecule is COc1cc2oc(=O)ccc2cc1/N=N/c1ccc(-c2ccc(N)cc2)cc1. The summed E-state index contributed by atoms with van der Waals surface area (Å²) in [6.45, 7) is 0. The molecule has 0 atom stereocenters. The molecule has 0 fully saturated rings. The van der Waals surface area contributed by atoms with Crippen molar-refractivity contribution in [2.75, 3.05) is 12.8 Å². The van der Waals surface area contributed by atoms with Crippen LogP contribution in [0, 0.1) is 0 Å². The van der Waals surface area contributed by atoms with Crippen molar-refractivity contribution in [2.24, 2.45) is 10.2 Å². The van der Waals surface area contributed by atoms with Gasteiger partial charge in [-0.2, -0.15) is 5.11 Å². The van der Waals surface area contributed by atoms with Gasteiger partial charge in [-0.1, -0.05) is 24.3 Å². The molecule has 4 aromatic rings. The minimum absolute atomic E-state index is 0.412. The fourth-order valence-electron chi connectivity index (χ4n) is 2.83. The molecule has 28 heavy (non-hydrogen) atoms. The third-order valence-electron chi connectivity index (χ3n) is 4.31. The molecule has 6 nitrogen and oxygen atoms in total. The second kappa shape index (κ2) is 7.36. The molecular formula is C22H17N3O3. The average molecular weight is 371 g/mol. The van der Waals surface area contributed by atoms with Gasteiger partial charge in [0.25, 0.3) is 0 Å². The summed E-state index contributed by atoms with van der Waals surface area (Å²) in [6, 6.07) is 21.9. The number of anilines is 1. The lowest BCUT2D eigenvalue weighted by Gasteiger charge is -2.05. The number of rotatable bonds is 4. The van der Waals surface area contributed by atoms with Crippen LogP contribution in [0.4, 0.5) is 17.1 Å². The molecule has 0 aliphatic heterocycles. The highest BCUT2D eigenvalue weighted by Gasteiger charge is 2.07. The van der Waals surface area contributed by atoms with Crippen molar-refractivity contribution in [2.45, 2.75) is 0 Å². The van der Waals surface area contributed by atoms with E-state index in [4.69, 9.17) is 14.9 Å². The van der Waals surface area contributed by atoms with E-state index in [1.165, 1.54) is 13.2 Å². The Hall–Kier alpha value is -3.93. The van der Waals surface area contributed by atoms with Gasteiger partial charge in [-0.05, 0) is 47.5 Å². The molecule has 138 valence electrons. The summed E-state index contributed by atoms with van der Waals surface area (Å²) < 4.78 is 10.5. The number of nitrogen functional groups attached to an aromatic ring is 1. The number of hydrogen-bond donors (Lipinski definition) is 1. The lowest BCUT2D eigenvalue weighted by atomic mass is 10.1. The van der Waals surface area contributed by atoms with Gasteiger partial charge in [-0.15, -0.1) is 5.11 Å². The van der Waals surface area contributed by atoms with Crippen molar-refractivity contribution in [1.82, 2.24) is 0 Å². The van der Waals surface area contributed by atoms with Crippen molar-refractivity contribution in [3.8, 4) is 16.9 Å². The van der Waals surface area contributed by atoms with Crippen molar-refractivity contribution in [1.29, 1.82) is 0 Å². The molecule has 6 heteroatoms. The van der Waals surface area contributed by atoms with Crippen LogP contribution in [0.25, 0.3) is 22.1 Å². The van der Waals surface area contributed by atoms with Gasteiger partial charge >= 0.3 is 5.63 Å². The number of ether oxygens (including phenoxy) is 1. The first-order valence-corrected chi connectivity index (χ1v) is 8.62. The summed E-state index contributed by atoms with van der Waals surface area (Å²) in [5.41, 5.74) is 9.90. The number of nitrogens with two attached hydrogens (primary N) is 1. The van der Waals surface area contributed by atoms with E-state index in [0.717, 1.165) is 22.2 Å². The van der Waals surface area contributed by atoms with E-state index >= 15 is 0 Å². The standard InChI is InChI=1S/C22H17N3O3/c1-27-21-13-20-16(6-11-22(26)28-20)12-19(21)25-24-18-9-4-15(5-10-18)14-2-7-17(23)8-3-14/h2-13H,23H2,1H3/b25-24+. The highest BCUT2D eigenvalue weighted by Crippen LogP contribution is 2.33. The predicted octanol–water partition coefficient (Wildman–Crippen LogP) is 5.47. The van der Waals surface area contributed by atoms with Gasteiger partial charge in [0.1, 0.15) is 17.0 Å². The Morgan fingerprint density at radius 1 is 0.857 bits per heavy atom. The first kappa shape index (κ1) is 17.5. The van der Waals surface area contributed by atoms with Crippen LogP contribution in [0.3, 0.4) is 0 Å². The zero-order chi connectivity index (χ0) is 19.5. The second-order valence-electron chi connectivity index (χ2n) is 6.19. The predicted molar refractivity (Wildman–Crippen MR) is 110 cm³/mol. The Labute approximate surface area is 160 Å². The van der Waals surface area contributed by atoms with Crippen LogP contribution in [-0.4, -0.2) is 7.11 Å². The van der Waals surface area contributed by atoms with E-state index in [9.17, 15) is 4.79 Å². The van der Waals surface area contributed by atoms with E-state index in [2.05, 4.69) is 10.2 Å². The van der Waals surface area contributed by atoms with E-state index in [-0.39, 0.29) is 0 Å². The van der Waals surface area contributed by atoms with Gasteiger partial charge in [0, 0.05) is 23.2 Å². The number of hydrogen-bond acceptors (Lipinski definition) is 6. The van der Waals surface area contributed by atoms with Gasteiger partial charge in [0.15, 0.2) is 0 Å².